The Morgan fingerprint density at radius 2 is 1.70 bits per heavy atom. The Bertz CT molecular complexity index is 1080. The molecule has 1 heterocycles. The van der Waals surface area contributed by atoms with Crippen LogP contribution in [0.15, 0.2) is 78.9 Å². The molecule has 2 N–H and O–H groups in total. The van der Waals surface area contributed by atoms with Crippen LogP contribution in [0, 0.1) is 5.92 Å². The Morgan fingerprint density at radius 3 is 2.50 bits per heavy atom. The number of ether oxygens (including phenoxy) is 2. The second kappa shape index (κ2) is 7.79. The fraction of sp³-hybridized carbons (Fsp3) is 0.231. The molecule has 30 heavy (non-hydrogen) atoms. The lowest BCUT2D eigenvalue weighted by Crippen LogP contribution is -2.29. The molecule has 0 saturated carbocycles. The quantitative estimate of drug-likeness (QED) is 0.532. The smallest absolute Gasteiger partial charge is 0.163 e. The molecule has 3 unspecified atom stereocenters. The molecule has 1 aliphatic heterocycles. The summed E-state index contributed by atoms with van der Waals surface area (Å²) < 4.78 is 11.6. The number of allylic oxidation sites excluding steroid dienone is 2. The van der Waals surface area contributed by atoms with E-state index >= 15 is 0 Å². The number of fused-ring (bicyclic) bond motifs is 3. The van der Waals surface area contributed by atoms with Crippen molar-refractivity contribution in [3.05, 3.63) is 95.6 Å². The number of phenolic OH excluding ortho intramolecular Hbond substituents is 1. The maximum Gasteiger partial charge on any atom is 0.163 e. The summed E-state index contributed by atoms with van der Waals surface area (Å²) in [6.07, 6.45) is 5.50. The average molecular weight is 399 g/mol. The van der Waals surface area contributed by atoms with Crippen LogP contribution in [0.25, 0.3) is 0 Å². The van der Waals surface area contributed by atoms with Gasteiger partial charge < -0.3 is 19.9 Å². The van der Waals surface area contributed by atoms with Gasteiger partial charge in [0.25, 0.3) is 0 Å². The summed E-state index contributed by atoms with van der Waals surface area (Å²) in [7, 11) is 1.58. The van der Waals surface area contributed by atoms with Crippen molar-refractivity contribution in [1.82, 2.24) is 0 Å². The minimum Gasteiger partial charge on any atom is -0.504 e. The second-order valence-corrected chi connectivity index (χ2v) is 7.87. The number of benzene rings is 3. The highest BCUT2D eigenvalue weighted by Crippen LogP contribution is 2.54. The van der Waals surface area contributed by atoms with Crippen LogP contribution in [0.3, 0.4) is 0 Å². The van der Waals surface area contributed by atoms with Gasteiger partial charge in [-0.2, -0.15) is 0 Å². The Balaban J connectivity index is 1.52. The SMILES string of the molecule is COc1cccc(C2Nc3c(OCc4ccccc4)cccc3C3C=CCC32)c1O. The first-order valence-corrected chi connectivity index (χ1v) is 10.3. The number of phenols is 1. The van der Waals surface area contributed by atoms with Gasteiger partial charge in [0.05, 0.1) is 18.8 Å². The molecule has 3 aromatic carbocycles. The minimum atomic E-state index is -0.0333. The van der Waals surface area contributed by atoms with Crippen LogP contribution in [0.1, 0.15) is 35.1 Å². The number of methoxy groups -OCH3 is 1. The highest BCUT2D eigenvalue weighted by atomic mass is 16.5. The van der Waals surface area contributed by atoms with Crippen molar-refractivity contribution >= 4 is 5.69 Å². The zero-order valence-electron chi connectivity index (χ0n) is 16.9. The zero-order valence-corrected chi connectivity index (χ0v) is 16.9. The van der Waals surface area contributed by atoms with Crippen LogP contribution >= 0.6 is 0 Å². The van der Waals surface area contributed by atoms with Gasteiger partial charge in [-0.25, -0.2) is 0 Å². The molecule has 4 nitrogen and oxygen atoms in total. The Hall–Kier alpha value is -3.40. The van der Waals surface area contributed by atoms with E-state index in [2.05, 4.69) is 41.7 Å². The van der Waals surface area contributed by atoms with Gasteiger partial charge in [-0.3, -0.25) is 0 Å². The molecule has 0 bridgehead atoms. The molecule has 0 aromatic heterocycles. The molecule has 1 aliphatic carbocycles. The van der Waals surface area contributed by atoms with Crippen LogP contribution < -0.4 is 14.8 Å². The highest BCUT2D eigenvalue weighted by Gasteiger charge is 2.40. The molecule has 2 aliphatic rings. The third-order valence-electron chi connectivity index (χ3n) is 6.18. The molecule has 0 radical (unpaired) electrons. The van der Waals surface area contributed by atoms with E-state index in [0.717, 1.165) is 29.0 Å². The van der Waals surface area contributed by atoms with Gasteiger partial charge in [0.1, 0.15) is 12.4 Å². The number of rotatable bonds is 5. The van der Waals surface area contributed by atoms with Crippen LogP contribution in [-0.4, -0.2) is 12.2 Å². The molecular formula is C26H25NO3. The number of hydrogen-bond donors (Lipinski definition) is 2. The summed E-state index contributed by atoms with van der Waals surface area (Å²) in [6.45, 7) is 0.512. The van der Waals surface area contributed by atoms with Crippen molar-refractivity contribution in [2.75, 3.05) is 12.4 Å². The Morgan fingerprint density at radius 1 is 0.933 bits per heavy atom. The third kappa shape index (κ3) is 3.18. The van der Waals surface area contributed by atoms with E-state index in [-0.39, 0.29) is 17.7 Å². The molecule has 0 spiro atoms. The number of para-hydroxylation sites is 2. The van der Waals surface area contributed by atoms with Crippen molar-refractivity contribution in [3.8, 4) is 17.2 Å². The lowest BCUT2D eigenvalue weighted by Gasteiger charge is -2.38. The van der Waals surface area contributed by atoms with Crippen molar-refractivity contribution in [1.29, 1.82) is 0 Å². The van der Waals surface area contributed by atoms with Crippen molar-refractivity contribution in [2.24, 2.45) is 5.92 Å². The number of nitrogens with one attached hydrogen (secondary N) is 1. The van der Waals surface area contributed by atoms with Crippen LogP contribution in [0.5, 0.6) is 17.2 Å². The molecule has 5 rings (SSSR count). The largest absolute Gasteiger partial charge is 0.504 e. The molecule has 0 fully saturated rings. The van der Waals surface area contributed by atoms with Gasteiger partial charge in [-0.1, -0.05) is 66.7 Å². The van der Waals surface area contributed by atoms with Gasteiger partial charge >= 0.3 is 0 Å². The maximum atomic E-state index is 10.8. The lowest BCUT2D eigenvalue weighted by atomic mass is 9.76. The van der Waals surface area contributed by atoms with E-state index in [1.54, 1.807) is 13.2 Å². The van der Waals surface area contributed by atoms with E-state index in [0.29, 0.717) is 18.3 Å². The van der Waals surface area contributed by atoms with E-state index in [9.17, 15) is 5.11 Å². The zero-order chi connectivity index (χ0) is 20.5. The number of hydrogen-bond acceptors (Lipinski definition) is 4. The summed E-state index contributed by atoms with van der Waals surface area (Å²) in [5.74, 6) is 2.16. The van der Waals surface area contributed by atoms with Gasteiger partial charge in [0.15, 0.2) is 11.5 Å². The average Bonchev–Trinajstić information content (AvgIpc) is 3.28. The molecule has 3 atom stereocenters. The minimum absolute atomic E-state index is 0.0333. The fourth-order valence-electron chi connectivity index (χ4n) is 4.71. The third-order valence-corrected chi connectivity index (χ3v) is 6.18. The molecule has 3 aromatic rings. The van der Waals surface area contributed by atoms with Crippen molar-refractivity contribution in [2.45, 2.75) is 25.0 Å². The standard InChI is InChI=1S/C26H25NO3/c1-29-23-15-7-13-21(26(23)28)24-19-11-5-10-18(19)20-12-6-14-22(25(20)27-24)30-16-17-8-3-2-4-9-17/h2-10,12-15,18-19,24,27-28H,11,16H2,1H3. The Kier molecular flexibility index (Phi) is 4.83. The number of aromatic hydroxyl groups is 1. The summed E-state index contributed by atoms with van der Waals surface area (Å²) in [5, 5.41) is 14.5. The van der Waals surface area contributed by atoms with Gasteiger partial charge in [-0.05, 0) is 35.6 Å². The van der Waals surface area contributed by atoms with Gasteiger partial charge in [0, 0.05) is 11.5 Å². The van der Waals surface area contributed by atoms with E-state index in [4.69, 9.17) is 9.47 Å². The molecule has 0 saturated heterocycles. The summed E-state index contributed by atoms with van der Waals surface area (Å²) >= 11 is 0. The van der Waals surface area contributed by atoms with E-state index in [1.807, 2.05) is 36.4 Å². The first-order valence-electron chi connectivity index (χ1n) is 10.3. The predicted molar refractivity (Wildman–Crippen MR) is 118 cm³/mol. The highest BCUT2D eigenvalue weighted by molar-refractivity contribution is 5.68. The van der Waals surface area contributed by atoms with Gasteiger partial charge in [-0.15, -0.1) is 0 Å². The van der Waals surface area contributed by atoms with Crippen LogP contribution in [0.2, 0.25) is 0 Å². The molecular weight excluding hydrogens is 374 g/mol. The molecule has 152 valence electrons. The molecule has 4 heteroatoms. The van der Waals surface area contributed by atoms with Crippen molar-refractivity contribution < 1.29 is 14.6 Å². The fourth-order valence-corrected chi connectivity index (χ4v) is 4.71. The van der Waals surface area contributed by atoms with Crippen LogP contribution in [-0.2, 0) is 6.61 Å². The lowest BCUT2D eigenvalue weighted by molar-refractivity contribution is 0.304. The predicted octanol–water partition coefficient (Wildman–Crippen LogP) is 5.81. The summed E-state index contributed by atoms with van der Waals surface area (Å²) in [6, 6.07) is 22.1. The van der Waals surface area contributed by atoms with E-state index < -0.39 is 0 Å². The number of anilines is 1. The monoisotopic (exact) mass is 399 g/mol. The van der Waals surface area contributed by atoms with Crippen LogP contribution in [0.4, 0.5) is 5.69 Å². The maximum absolute atomic E-state index is 10.8. The summed E-state index contributed by atoms with van der Waals surface area (Å²) in [5.41, 5.74) is 4.24. The second-order valence-electron chi connectivity index (χ2n) is 7.87. The topological polar surface area (TPSA) is 50.7 Å². The first-order chi connectivity index (χ1) is 14.8. The van der Waals surface area contributed by atoms with E-state index in [1.165, 1.54) is 5.56 Å². The molecule has 0 amide bonds. The first kappa shape index (κ1) is 18.6. The Labute approximate surface area is 176 Å². The van der Waals surface area contributed by atoms with Crippen molar-refractivity contribution in [3.63, 3.8) is 0 Å². The van der Waals surface area contributed by atoms with Gasteiger partial charge in [0.2, 0.25) is 0 Å². The summed E-state index contributed by atoms with van der Waals surface area (Å²) in [4.78, 5) is 0. The normalized spacial score (nSPS) is 21.4.